The molecule has 1 amide bonds. The van der Waals surface area contributed by atoms with Crippen LogP contribution in [0.2, 0.25) is 0 Å². The van der Waals surface area contributed by atoms with Gasteiger partial charge in [0.1, 0.15) is 5.60 Å². The van der Waals surface area contributed by atoms with Crippen LogP contribution >= 0.6 is 0 Å². The molecule has 0 spiro atoms. The Morgan fingerprint density at radius 2 is 2.17 bits per heavy atom. The van der Waals surface area contributed by atoms with E-state index < -0.39 is 5.60 Å². The van der Waals surface area contributed by atoms with E-state index in [0.717, 1.165) is 19.3 Å². The van der Waals surface area contributed by atoms with Gasteiger partial charge in [0.05, 0.1) is 6.04 Å². The second-order valence-corrected chi connectivity index (χ2v) is 5.58. The second-order valence-electron chi connectivity index (χ2n) is 5.58. The number of nitrogens with zero attached hydrogens (tertiary/aromatic N) is 1. The van der Waals surface area contributed by atoms with Crippen LogP contribution in [0.15, 0.2) is 24.0 Å². The molecule has 0 radical (unpaired) electrons. The van der Waals surface area contributed by atoms with Crippen LogP contribution in [0, 0.1) is 0 Å². The highest BCUT2D eigenvalue weighted by molar-refractivity contribution is 5.70. The molecule has 0 fully saturated rings. The molecule has 2 N–H and O–H groups in total. The van der Waals surface area contributed by atoms with Gasteiger partial charge in [-0.25, -0.2) is 4.79 Å². The van der Waals surface area contributed by atoms with Crippen molar-refractivity contribution in [2.24, 2.45) is 5.73 Å². The highest BCUT2D eigenvalue weighted by Crippen LogP contribution is 2.20. The Hall–Kier alpha value is -1.45. The van der Waals surface area contributed by atoms with Gasteiger partial charge in [-0.2, -0.15) is 0 Å². The van der Waals surface area contributed by atoms with Crippen molar-refractivity contribution in [2.45, 2.75) is 58.6 Å². The summed E-state index contributed by atoms with van der Waals surface area (Å²) in [6, 6.07) is 0.00444. The molecule has 0 saturated carbocycles. The van der Waals surface area contributed by atoms with Crippen molar-refractivity contribution in [2.75, 3.05) is 0 Å². The summed E-state index contributed by atoms with van der Waals surface area (Å²) in [5.41, 5.74) is 6.01. The van der Waals surface area contributed by atoms with Gasteiger partial charge in [0, 0.05) is 11.9 Å². The van der Waals surface area contributed by atoms with Crippen LogP contribution in [0.5, 0.6) is 0 Å². The molecule has 1 heterocycles. The number of amides is 1. The van der Waals surface area contributed by atoms with Gasteiger partial charge in [0.2, 0.25) is 0 Å². The maximum absolute atomic E-state index is 12.1. The Kier molecular flexibility index (Phi) is 4.82. The standard InChI is InChI=1S/C14H24N2O2/c1-5-6-7-12-10-11(15)8-9-16(12)13(17)18-14(2,3)4/h8-10,12H,5-7,15H2,1-4H3. The Bertz CT molecular complexity index is 353. The maximum Gasteiger partial charge on any atom is 0.414 e. The molecule has 1 aliphatic heterocycles. The molecule has 1 unspecified atom stereocenters. The molecule has 4 nitrogen and oxygen atoms in total. The van der Waals surface area contributed by atoms with E-state index in [1.165, 1.54) is 0 Å². The van der Waals surface area contributed by atoms with E-state index in [-0.39, 0.29) is 12.1 Å². The minimum absolute atomic E-state index is 0.00444. The molecule has 1 atom stereocenters. The molecular formula is C14H24N2O2. The van der Waals surface area contributed by atoms with E-state index in [1.54, 1.807) is 17.2 Å². The van der Waals surface area contributed by atoms with Gasteiger partial charge >= 0.3 is 6.09 Å². The number of hydrogen-bond acceptors (Lipinski definition) is 3. The molecule has 4 heteroatoms. The van der Waals surface area contributed by atoms with E-state index in [0.29, 0.717) is 5.70 Å². The molecule has 0 aromatic carbocycles. The van der Waals surface area contributed by atoms with Gasteiger partial charge in [-0.15, -0.1) is 0 Å². The summed E-state index contributed by atoms with van der Waals surface area (Å²) in [6.07, 6.45) is 8.09. The maximum atomic E-state index is 12.1. The lowest BCUT2D eigenvalue weighted by molar-refractivity contribution is 0.0288. The molecular weight excluding hydrogens is 228 g/mol. The van der Waals surface area contributed by atoms with Crippen LogP contribution in [-0.4, -0.2) is 22.6 Å². The van der Waals surface area contributed by atoms with Gasteiger partial charge in [0.15, 0.2) is 0 Å². The summed E-state index contributed by atoms with van der Waals surface area (Å²) >= 11 is 0. The van der Waals surface area contributed by atoms with Gasteiger partial charge in [-0.05, 0) is 39.3 Å². The van der Waals surface area contributed by atoms with E-state index >= 15 is 0 Å². The van der Waals surface area contributed by atoms with Crippen molar-refractivity contribution in [1.29, 1.82) is 0 Å². The summed E-state index contributed by atoms with van der Waals surface area (Å²) in [6.45, 7) is 7.72. The van der Waals surface area contributed by atoms with Crippen LogP contribution in [0.3, 0.4) is 0 Å². The van der Waals surface area contributed by atoms with E-state index in [9.17, 15) is 4.79 Å². The Morgan fingerprint density at radius 3 is 2.72 bits per heavy atom. The number of hydrogen-bond donors (Lipinski definition) is 1. The lowest BCUT2D eigenvalue weighted by atomic mass is 10.1. The monoisotopic (exact) mass is 252 g/mol. The first-order valence-corrected chi connectivity index (χ1v) is 6.50. The quantitative estimate of drug-likeness (QED) is 0.839. The normalized spacial score (nSPS) is 19.7. The Balaban J connectivity index is 2.72. The minimum Gasteiger partial charge on any atom is -0.443 e. The van der Waals surface area contributed by atoms with Crippen molar-refractivity contribution in [3.8, 4) is 0 Å². The Morgan fingerprint density at radius 1 is 1.50 bits per heavy atom. The van der Waals surface area contributed by atoms with Gasteiger partial charge in [0.25, 0.3) is 0 Å². The largest absolute Gasteiger partial charge is 0.443 e. The van der Waals surface area contributed by atoms with Crippen LogP contribution in [0.4, 0.5) is 4.79 Å². The van der Waals surface area contributed by atoms with Crippen molar-refractivity contribution in [3.63, 3.8) is 0 Å². The van der Waals surface area contributed by atoms with Gasteiger partial charge < -0.3 is 10.5 Å². The minimum atomic E-state index is -0.479. The average molecular weight is 252 g/mol. The molecule has 0 aliphatic carbocycles. The number of unbranched alkanes of at least 4 members (excludes halogenated alkanes) is 1. The number of allylic oxidation sites excluding steroid dienone is 1. The third-order valence-electron chi connectivity index (χ3n) is 2.63. The van der Waals surface area contributed by atoms with Gasteiger partial charge in [-0.3, -0.25) is 4.90 Å². The lowest BCUT2D eigenvalue weighted by Crippen LogP contribution is -2.40. The van der Waals surface area contributed by atoms with E-state index in [1.807, 2.05) is 26.8 Å². The van der Waals surface area contributed by atoms with E-state index in [4.69, 9.17) is 10.5 Å². The summed E-state index contributed by atoms with van der Waals surface area (Å²) in [5.74, 6) is 0. The molecule has 18 heavy (non-hydrogen) atoms. The lowest BCUT2D eigenvalue weighted by Gasteiger charge is -2.31. The predicted molar refractivity (Wildman–Crippen MR) is 72.8 cm³/mol. The predicted octanol–water partition coefficient (Wildman–Crippen LogP) is 3.15. The highest BCUT2D eigenvalue weighted by Gasteiger charge is 2.27. The molecule has 0 aromatic heterocycles. The van der Waals surface area contributed by atoms with Crippen LogP contribution in [-0.2, 0) is 4.74 Å². The number of carbonyl (C=O) groups excluding carboxylic acids is 1. The number of rotatable bonds is 3. The smallest absolute Gasteiger partial charge is 0.414 e. The van der Waals surface area contributed by atoms with Crippen molar-refractivity contribution in [1.82, 2.24) is 4.90 Å². The average Bonchev–Trinajstić information content (AvgIpc) is 2.23. The molecule has 0 saturated heterocycles. The van der Waals surface area contributed by atoms with Gasteiger partial charge in [-0.1, -0.05) is 19.8 Å². The number of ether oxygens (including phenoxy) is 1. The van der Waals surface area contributed by atoms with Crippen LogP contribution in [0.25, 0.3) is 0 Å². The van der Waals surface area contributed by atoms with Crippen molar-refractivity contribution in [3.05, 3.63) is 24.0 Å². The number of carbonyl (C=O) groups is 1. The van der Waals surface area contributed by atoms with Crippen LogP contribution < -0.4 is 5.73 Å². The SMILES string of the molecule is CCCCC1C=C(N)C=CN1C(=O)OC(C)(C)C. The Labute approximate surface area is 109 Å². The fourth-order valence-electron chi connectivity index (χ4n) is 1.78. The zero-order valence-electron chi connectivity index (χ0n) is 11.8. The third-order valence-corrected chi connectivity index (χ3v) is 2.63. The molecule has 1 rings (SSSR count). The fourth-order valence-corrected chi connectivity index (χ4v) is 1.78. The summed E-state index contributed by atoms with van der Waals surface area (Å²) in [4.78, 5) is 13.7. The molecule has 102 valence electrons. The third kappa shape index (κ3) is 4.43. The summed E-state index contributed by atoms with van der Waals surface area (Å²) in [5, 5.41) is 0. The van der Waals surface area contributed by atoms with Crippen molar-refractivity contribution >= 4 is 6.09 Å². The van der Waals surface area contributed by atoms with Crippen LogP contribution in [0.1, 0.15) is 47.0 Å². The van der Waals surface area contributed by atoms with E-state index in [2.05, 4.69) is 6.92 Å². The first-order valence-electron chi connectivity index (χ1n) is 6.50. The molecule has 1 aliphatic rings. The summed E-state index contributed by atoms with van der Waals surface area (Å²) in [7, 11) is 0. The zero-order chi connectivity index (χ0) is 13.8. The second kappa shape index (κ2) is 5.94. The fraction of sp³-hybridized carbons (Fsp3) is 0.643. The highest BCUT2D eigenvalue weighted by atomic mass is 16.6. The topological polar surface area (TPSA) is 55.6 Å². The van der Waals surface area contributed by atoms with Crippen molar-refractivity contribution < 1.29 is 9.53 Å². The molecule has 0 bridgehead atoms. The first kappa shape index (κ1) is 14.6. The first-order chi connectivity index (χ1) is 8.33. The number of nitrogens with two attached hydrogens (primary N) is 1. The molecule has 0 aromatic rings. The summed E-state index contributed by atoms with van der Waals surface area (Å²) < 4.78 is 5.39. The zero-order valence-corrected chi connectivity index (χ0v) is 11.8.